The maximum atomic E-state index is 12.1. The maximum Gasteiger partial charge on any atom is 0.387 e. The average Bonchev–Trinajstić information content (AvgIpc) is 3.01. The van der Waals surface area contributed by atoms with Gasteiger partial charge in [0.05, 0.1) is 6.61 Å². The molecule has 1 fully saturated rings. The summed E-state index contributed by atoms with van der Waals surface area (Å²) in [5, 5.41) is 0. The lowest BCUT2D eigenvalue weighted by Crippen LogP contribution is -2.06. The normalized spacial score (nSPS) is 15.2. The van der Waals surface area contributed by atoms with Crippen LogP contribution in [0.25, 0.3) is 0 Å². The van der Waals surface area contributed by atoms with Crippen molar-refractivity contribution in [3.8, 4) is 11.5 Å². The summed E-state index contributed by atoms with van der Waals surface area (Å²) in [6.07, 6.45) is 2.30. The maximum absolute atomic E-state index is 12.1. The van der Waals surface area contributed by atoms with Gasteiger partial charge in [-0.3, -0.25) is 0 Å². The van der Waals surface area contributed by atoms with Crippen LogP contribution < -0.4 is 9.47 Å². The molecule has 0 bridgehead atoms. The van der Waals surface area contributed by atoms with Gasteiger partial charge in [0, 0.05) is 4.47 Å². The highest BCUT2D eigenvalue weighted by Gasteiger charge is 2.23. The van der Waals surface area contributed by atoms with Crippen LogP contribution in [0.4, 0.5) is 8.78 Å². The van der Waals surface area contributed by atoms with Crippen LogP contribution in [-0.4, -0.2) is 13.2 Å². The first-order valence-corrected chi connectivity index (χ1v) is 5.81. The first kappa shape index (κ1) is 11.6. The fourth-order valence-electron chi connectivity index (χ4n) is 1.28. The van der Waals surface area contributed by atoms with E-state index in [9.17, 15) is 8.78 Å². The average molecular weight is 293 g/mol. The van der Waals surface area contributed by atoms with Crippen LogP contribution in [0.1, 0.15) is 12.8 Å². The Morgan fingerprint density at radius 1 is 1.31 bits per heavy atom. The fourth-order valence-corrected chi connectivity index (χ4v) is 1.62. The molecular formula is C11H11BrF2O2. The molecule has 1 aromatic carbocycles. The number of halogens is 3. The predicted molar refractivity (Wildman–Crippen MR) is 59.0 cm³/mol. The minimum Gasteiger partial charge on any atom is -0.489 e. The molecule has 0 atom stereocenters. The molecule has 0 saturated heterocycles. The molecule has 0 aromatic heterocycles. The first-order chi connectivity index (χ1) is 7.65. The Kier molecular flexibility index (Phi) is 3.63. The van der Waals surface area contributed by atoms with Gasteiger partial charge in [-0.1, -0.05) is 15.9 Å². The van der Waals surface area contributed by atoms with Gasteiger partial charge in [0.25, 0.3) is 0 Å². The van der Waals surface area contributed by atoms with E-state index >= 15 is 0 Å². The van der Waals surface area contributed by atoms with E-state index in [0.29, 0.717) is 18.3 Å². The Morgan fingerprint density at radius 3 is 2.69 bits per heavy atom. The number of benzene rings is 1. The van der Waals surface area contributed by atoms with E-state index in [1.165, 1.54) is 6.07 Å². The highest BCUT2D eigenvalue weighted by Crippen LogP contribution is 2.35. The number of hydrogen-bond donors (Lipinski definition) is 0. The Labute approximate surface area is 101 Å². The van der Waals surface area contributed by atoms with Crippen LogP contribution in [-0.2, 0) is 0 Å². The lowest BCUT2D eigenvalue weighted by molar-refractivity contribution is -0.0515. The summed E-state index contributed by atoms with van der Waals surface area (Å²) in [7, 11) is 0. The Morgan fingerprint density at radius 2 is 2.06 bits per heavy atom. The molecule has 1 aliphatic carbocycles. The van der Waals surface area contributed by atoms with Crippen molar-refractivity contribution in [3.05, 3.63) is 22.7 Å². The van der Waals surface area contributed by atoms with E-state index in [0.717, 1.165) is 17.3 Å². The molecule has 1 aliphatic rings. The molecule has 0 heterocycles. The molecule has 0 aliphatic heterocycles. The van der Waals surface area contributed by atoms with Crippen molar-refractivity contribution in [3.63, 3.8) is 0 Å². The van der Waals surface area contributed by atoms with E-state index in [-0.39, 0.29) is 5.75 Å². The highest BCUT2D eigenvalue weighted by molar-refractivity contribution is 9.10. The molecule has 16 heavy (non-hydrogen) atoms. The third-order valence-electron chi connectivity index (χ3n) is 2.29. The summed E-state index contributed by atoms with van der Waals surface area (Å²) in [5.74, 6) is 1.01. The van der Waals surface area contributed by atoms with Gasteiger partial charge in [0.15, 0.2) is 11.5 Å². The lowest BCUT2D eigenvalue weighted by atomic mass is 10.3. The van der Waals surface area contributed by atoms with Crippen LogP contribution >= 0.6 is 15.9 Å². The van der Waals surface area contributed by atoms with Crippen molar-refractivity contribution in [1.29, 1.82) is 0 Å². The number of alkyl halides is 2. The van der Waals surface area contributed by atoms with Crippen LogP contribution in [0.3, 0.4) is 0 Å². The number of rotatable bonds is 5. The molecule has 2 nitrogen and oxygen atoms in total. The van der Waals surface area contributed by atoms with Crippen LogP contribution in [0.15, 0.2) is 22.7 Å². The summed E-state index contributed by atoms with van der Waals surface area (Å²) in [6.45, 7) is -2.26. The van der Waals surface area contributed by atoms with Crippen molar-refractivity contribution in [1.82, 2.24) is 0 Å². The second kappa shape index (κ2) is 4.99. The molecule has 88 valence electrons. The molecule has 1 saturated carbocycles. The van der Waals surface area contributed by atoms with E-state index in [2.05, 4.69) is 20.7 Å². The van der Waals surface area contributed by atoms with Gasteiger partial charge < -0.3 is 9.47 Å². The van der Waals surface area contributed by atoms with E-state index in [1.54, 1.807) is 12.1 Å². The van der Waals surface area contributed by atoms with Gasteiger partial charge in [-0.2, -0.15) is 8.78 Å². The van der Waals surface area contributed by atoms with Gasteiger partial charge >= 0.3 is 6.61 Å². The van der Waals surface area contributed by atoms with Crippen molar-refractivity contribution in [2.45, 2.75) is 19.5 Å². The zero-order valence-corrected chi connectivity index (χ0v) is 10.0. The van der Waals surface area contributed by atoms with Gasteiger partial charge in [0.2, 0.25) is 0 Å². The van der Waals surface area contributed by atoms with Gasteiger partial charge in [-0.05, 0) is 37.0 Å². The van der Waals surface area contributed by atoms with Crippen molar-refractivity contribution < 1.29 is 18.3 Å². The summed E-state index contributed by atoms with van der Waals surface area (Å²) >= 11 is 3.26. The minimum absolute atomic E-state index is 0.0823. The predicted octanol–water partition coefficient (Wildman–Crippen LogP) is 3.84. The summed E-state index contributed by atoms with van der Waals surface area (Å²) < 4.78 is 34.9. The van der Waals surface area contributed by atoms with E-state index in [4.69, 9.17) is 4.74 Å². The number of ether oxygens (including phenoxy) is 2. The largest absolute Gasteiger partial charge is 0.489 e. The summed E-state index contributed by atoms with van der Waals surface area (Å²) in [5.41, 5.74) is 0. The molecule has 1 aromatic rings. The number of hydrogen-bond acceptors (Lipinski definition) is 2. The molecule has 0 amide bonds. The Balaban J connectivity index is 2.07. The SMILES string of the molecule is FC(F)Oc1ccc(Br)cc1OCC1CC1. The summed E-state index contributed by atoms with van der Waals surface area (Å²) in [6, 6.07) is 4.75. The molecule has 2 rings (SSSR count). The topological polar surface area (TPSA) is 18.5 Å². The Hall–Kier alpha value is -0.840. The monoisotopic (exact) mass is 292 g/mol. The zero-order valence-electron chi connectivity index (χ0n) is 8.46. The molecule has 0 radical (unpaired) electrons. The third kappa shape index (κ3) is 3.33. The molecular weight excluding hydrogens is 282 g/mol. The van der Waals surface area contributed by atoms with Crippen LogP contribution in [0.5, 0.6) is 11.5 Å². The van der Waals surface area contributed by atoms with E-state index < -0.39 is 6.61 Å². The van der Waals surface area contributed by atoms with Gasteiger partial charge in [-0.15, -0.1) is 0 Å². The minimum atomic E-state index is -2.83. The Bertz CT molecular complexity index is 367. The highest BCUT2D eigenvalue weighted by atomic mass is 79.9. The smallest absolute Gasteiger partial charge is 0.387 e. The standard InChI is InChI=1S/C11H11BrF2O2/c12-8-3-4-9(16-11(13)14)10(5-8)15-6-7-1-2-7/h3-5,7,11H,1-2,6H2. The van der Waals surface area contributed by atoms with Gasteiger partial charge in [0.1, 0.15) is 0 Å². The van der Waals surface area contributed by atoms with Crippen molar-refractivity contribution in [2.24, 2.45) is 5.92 Å². The quantitative estimate of drug-likeness (QED) is 0.821. The van der Waals surface area contributed by atoms with Crippen LogP contribution in [0, 0.1) is 5.92 Å². The lowest BCUT2D eigenvalue weighted by Gasteiger charge is -2.12. The molecule has 0 unspecified atom stereocenters. The second-order valence-corrected chi connectivity index (χ2v) is 4.64. The fraction of sp³-hybridized carbons (Fsp3) is 0.455. The van der Waals surface area contributed by atoms with Crippen LogP contribution in [0.2, 0.25) is 0 Å². The van der Waals surface area contributed by atoms with Crippen molar-refractivity contribution in [2.75, 3.05) is 6.61 Å². The molecule has 0 N–H and O–H groups in total. The molecule has 0 spiro atoms. The van der Waals surface area contributed by atoms with E-state index in [1.807, 2.05) is 0 Å². The zero-order chi connectivity index (χ0) is 11.5. The molecule has 5 heteroatoms. The second-order valence-electron chi connectivity index (χ2n) is 3.72. The van der Waals surface area contributed by atoms with Crippen molar-refractivity contribution >= 4 is 15.9 Å². The summed E-state index contributed by atoms with van der Waals surface area (Å²) in [4.78, 5) is 0. The third-order valence-corrected chi connectivity index (χ3v) is 2.79. The first-order valence-electron chi connectivity index (χ1n) is 5.02. The van der Waals surface area contributed by atoms with Gasteiger partial charge in [-0.25, -0.2) is 0 Å².